The van der Waals surface area contributed by atoms with Gasteiger partial charge in [-0.2, -0.15) is 0 Å². The van der Waals surface area contributed by atoms with E-state index in [0.717, 1.165) is 12.1 Å². The molecular formula is C14H11Cl2FN2O2. The molecule has 0 saturated heterocycles. The largest absolute Gasteiger partial charge is 0.478 e. The van der Waals surface area contributed by atoms with E-state index < -0.39 is 11.8 Å². The second-order valence-corrected chi connectivity index (χ2v) is 5.29. The second kappa shape index (κ2) is 5.87. The molecule has 1 aromatic heterocycles. The van der Waals surface area contributed by atoms with E-state index in [1.54, 1.807) is 19.9 Å². The number of aryl methyl sites for hydroxylation is 2. The maximum Gasteiger partial charge on any atom is 0.339 e. The molecule has 0 saturated carbocycles. The highest BCUT2D eigenvalue weighted by atomic mass is 35.5. The highest BCUT2D eigenvalue weighted by Crippen LogP contribution is 2.34. The van der Waals surface area contributed by atoms with Crippen LogP contribution in [0.2, 0.25) is 10.0 Å². The summed E-state index contributed by atoms with van der Waals surface area (Å²) in [4.78, 5) is 15.5. The summed E-state index contributed by atoms with van der Waals surface area (Å²) in [6.07, 6.45) is 0. The lowest BCUT2D eigenvalue weighted by molar-refractivity contribution is 0.0697. The molecule has 4 nitrogen and oxygen atoms in total. The number of halogens is 3. The highest BCUT2D eigenvalue weighted by Gasteiger charge is 2.18. The van der Waals surface area contributed by atoms with E-state index >= 15 is 0 Å². The zero-order valence-electron chi connectivity index (χ0n) is 11.2. The van der Waals surface area contributed by atoms with Gasteiger partial charge in [0.2, 0.25) is 0 Å². The Bertz CT molecular complexity index is 712. The molecule has 0 bridgehead atoms. The van der Waals surface area contributed by atoms with Gasteiger partial charge in [-0.25, -0.2) is 14.2 Å². The van der Waals surface area contributed by atoms with E-state index in [-0.39, 0.29) is 27.1 Å². The molecule has 110 valence electrons. The number of aromatic nitrogens is 1. The molecule has 7 heteroatoms. The van der Waals surface area contributed by atoms with Crippen LogP contribution in [-0.4, -0.2) is 16.1 Å². The first-order chi connectivity index (χ1) is 9.79. The number of benzene rings is 1. The summed E-state index contributed by atoms with van der Waals surface area (Å²) in [5, 5.41) is 12.1. The van der Waals surface area contributed by atoms with Crippen molar-refractivity contribution in [2.24, 2.45) is 0 Å². The van der Waals surface area contributed by atoms with E-state index in [1.165, 1.54) is 0 Å². The first-order valence-electron chi connectivity index (χ1n) is 5.92. The summed E-state index contributed by atoms with van der Waals surface area (Å²) in [7, 11) is 0. The van der Waals surface area contributed by atoms with Crippen LogP contribution in [0.1, 0.15) is 21.6 Å². The summed E-state index contributed by atoms with van der Waals surface area (Å²) < 4.78 is 13.2. The number of aromatic carboxylic acids is 1. The summed E-state index contributed by atoms with van der Waals surface area (Å²) in [6.45, 7) is 3.40. The van der Waals surface area contributed by atoms with E-state index in [2.05, 4.69) is 10.3 Å². The van der Waals surface area contributed by atoms with Gasteiger partial charge in [0.1, 0.15) is 17.2 Å². The third kappa shape index (κ3) is 3.25. The number of pyridine rings is 1. The standard InChI is InChI=1S/C14H11Cl2FN2O2/c1-6-3-7(2)18-13(11(6)14(20)21)19-12-9(15)4-8(17)5-10(12)16/h3-5H,1-2H3,(H,18,19)(H,20,21). The van der Waals surface area contributed by atoms with Crippen molar-refractivity contribution in [2.45, 2.75) is 13.8 Å². The van der Waals surface area contributed by atoms with E-state index in [4.69, 9.17) is 23.2 Å². The van der Waals surface area contributed by atoms with Gasteiger partial charge in [0.15, 0.2) is 0 Å². The average Bonchev–Trinajstić information content (AvgIpc) is 2.32. The van der Waals surface area contributed by atoms with Crippen LogP contribution in [0.3, 0.4) is 0 Å². The average molecular weight is 329 g/mol. The van der Waals surface area contributed by atoms with Crippen molar-refractivity contribution in [1.29, 1.82) is 0 Å². The number of anilines is 2. The summed E-state index contributed by atoms with van der Waals surface area (Å²) in [5.41, 5.74) is 1.40. The fourth-order valence-corrected chi connectivity index (χ4v) is 2.53. The molecule has 1 heterocycles. The van der Waals surface area contributed by atoms with Crippen molar-refractivity contribution in [1.82, 2.24) is 4.98 Å². The summed E-state index contributed by atoms with van der Waals surface area (Å²) in [5.74, 6) is -1.60. The Morgan fingerprint density at radius 3 is 2.33 bits per heavy atom. The van der Waals surface area contributed by atoms with Gasteiger partial charge < -0.3 is 10.4 Å². The monoisotopic (exact) mass is 328 g/mol. The van der Waals surface area contributed by atoms with Crippen LogP contribution in [0, 0.1) is 19.7 Å². The minimum Gasteiger partial charge on any atom is -0.478 e. The van der Waals surface area contributed by atoms with Crippen molar-refractivity contribution in [3.05, 3.63) is 50.9 Å². The summed E-state index contributed by atoms with van der Waals surface area (Å²) >= 11 is 11.9. The Kier molecular flexibility index (Phi) is 4.34. The predicted molar refractivity (Wildman–Crippen MR) is 80.4 cm³/mol. The van der Waals surface area contributed by atoms with Crippen molar-refractivity contribution < 1.29 is 14.3 Å². The number of carboxylic acids is 1. The molecule has 2 rings (SSSR count). The molecular weight excluding hydrogens is 318 g/mol. The number of nitrogens with zero attached hydrogens (tertiary/aromatic N) is 1. The van der Waals surface area contributed by atoms with E-state index in [0.29, 0.717) is 11.3 Å². The first kappa shape index (κ1) is 15.5. The van der Waals surface area contributed by atoms with Gasteiger partial charge in [0.05, 0.1) is 15.7 Å². The van der Waals surface area contributed by atoms with Crippen LogP contribution in [-0.2, 0) is 0 Å². The van der Waals surface area contributed by atoms with Crippen LogP contribution in [0.4, 0.5) is 15.9 Å². The fraction of sp³-hybridized carbons (Fsp3) is 0.143. The normalized spacial score (nSPS) is 10.5. The Balaban J connectivity index is 2.57. The van der Waals surface area contributed by atoms with Crippen LogP contribution in [0.15, 0.2) is 18.2 Å². The van der Waals surface area contributed by atoms with Crippen LogP contribution < -0.4 is 5.32 Å². The van der Waals surface area contributed by atoms with Gasteiger partial charge in [0, 0.05) is 5.69 Å². The molecule has 0 atom stereocenters. The van der Waals surface area contributed by atoms with Gasteiger partial charge in [0.25, 0.3) is 0 Å². The number of carboxylic acid groups (broad SMARTS) is 1. The third-order valence-corrected chi connectivity index (χ3v) is 3.41. The minimum absolute atomic E-state index is 0.0112. The maximum absolute atomic E-state index is 13.2. The topological polar surface area (TPSA) is 62.2 Å². The smallest absolute Gasteiger partial charge is 0.339 e. The quantitative estimate of drug-likeness (QED) is 0.865. The number of hydrogen-bond donors (Lipinski definition) is 2. The molecule has 1 aromatic carbocycles. The molecule has 0 spiro atoms. The Hall–Kier alpha value is -1.85. The van der Waals surface area contributed by atoms with Gasteiger partial charge in [-0.1, -0.05) is 23.2 Å². The van der Waals surface area contributed by atoms with E-state index in [9.17, 15) is 14.3 Å². The molecule has 0 aliphatic rings. The SMILES string of the molecule is Cc1cc(C)c(C(=O)O)c(Nc2c(Cl)cc(F)cc2Cl)n1. The number of carbonyl (C=O) groups is 1. The van der Waals surface area contributed by atoms with Crippen molar-refractivity contribution in [3.63, 3.8) is 0 Å². The lowest BCUT2D eigenvalue weighted by Gasteiger charge is -2.14. The van der Waals surface area contributed by atoms with Gasteiger partial charge in [-0.15, -0.1) is 0 Å². The fourth-order valence-electron chi connectivity index (χ4n) is 1.98. The van der Waals surface area contributed by atoms with Gasteiger partial charge in [-0.05, 0) is 37.6 Å². The Morgan fingerprint density at radius 2 is 1.81 bits per heavy atom. The molecule has 0 aliphatic carbocycles. The zero-order chi connectivity index (χ0) is 15.7. The van der Waals surface area contributed by atoms with Crippen LogP contribution >= 0.6 is 23.2 Å². The predicted octanol–water partition coefficient (Wildman–Crippen LogP) is 4.59. The lowest BCUT2D eigenvalue weighted by atomic mass is 10.1. The molecule has 0 amide bonds. The molecule has 0 fully saturated rings. The lowest BCUT2D eigenvalue weighted by Crippen LogP contribution is -2.09. The third-order valence-electron chi connectivity index (χ3n) is 2.81. The van der Waals surface area contributed by atoms with Gasteiger partial charge >= 0.3 is 5.97 Å². The van der Waals surface area contributed by atoms with Crippen LogP contribution in [0.25, 0.3) is 0 Å². The maximum atomic E-state index is 13.2. The second-order valence-electron chi connectivity index (χ2n) is 4.48. The summed E-state index contributed by atoms with van der Waals surface area (Å²) in [6, 6.07) is 3.82. The molecule has 2 N–H and O–H groups in total. The number of hydrogen-bond acceptors (Lipinski definition) is 3. The highest BCUT2D eigenvalue weighted by molar-refractivity contribution is 6.39. The molecule has 0 radical (unpaired) electrons. The molecule has 0 aliphatic heterocycles. The molecule has 21 heavy (non-hydrogen) atoms. The van der Waals surface area contributed by atoms with Crippen molar-refractivity contribution >= 4 is 40.7 Å². The zero-order valence-corrected chi connectivity index (χ0v) is 12.7. The first-order valence-corrected chi connectivity index (χ1v) is 6.68. The number of nitrogens with one attached hydrogen (secondary N) is 1. The van der Waals surface area contributed by atoms with Crippen molar-refractivity contribution in [2.75, 3.05) is 5.32 Å². The minimum atomic E-state index is -1.13. The van der Waals surface area contributed by atoms with Crippen LogP contribution in [0.5, 0.6) is 0 Å². The Labute approximate surface area is 130 Å². The molecule has 2 aromatic rings. The number of rotatable bonds is 3. The van der Waals surface area contributed by atoms with Crippen molar-refractivity contribution in [3.8, 4) is 0 Å². The molecule has 0 unspecified atom stereocenters. The van der Waals surface area contributed by atoms with Gasteiger partial charge in [-0.3, -0.25) is 0 Å². The van der Waals surface area contributed by atoms with E-state index in [1.807, 2.05) is 0 Å². The Morgan fingerprint density at radius 1 is 1.24 bits per heavy atom.